The van der Waals surface area contributed by atoms with Gasteiger partial charge in [-0.1, -0.05) is 0 Å². The Hall–Kier alpha value is -1.58. The van der Waals surface area contributed by atoms with Gasteiger partial charge in [-0.25, -0.2) is 0 Å². The Labute approximate surface area is 126 Å². The molecule has 8 heteroatoms. The van der Waals surface area contributed by atoms with Crippen molar-refractivity contribution in [3.8, 4) is 0 Å². The van der Waals surface area contributed by atoms with Gasteiger partial charge in [-0.05, 0) is 46.9 Å². The van der Waals surface area contributed by atoms with Crippen LogP contribution in [0.1, 0.15) is 15.9 Å². The first kappa shape index (κ1) is 14.8. The molecule has 0 radical (unpaired) electrons. The van der Waals surface area contributed by atoms with Crippen LogP contribution < -0.4 is 5.32 Å². The van der Waals surface area contributed by atoms with E-state index in [1.807, 2.05) is 22.6 Å². The zero-order valence-corrected chi connectivity index (χ0v) is 12.4. The number of amides is 1. The van der Waals surface area contributed by atoms with Gasteiger partial charge in [0.25, 0.3) is 5.91 Å². The zero-order valence-electron chi connectivity index (χ0n) is 10.2. The lowest BCUT2D eigenvalue weighted by Gasteiger charge is -2.08. The number of anilines is 1. The molecule has 1 N–H and O–H groups in total. The van der Waals surface area contributed by atoms with Gasteiger partial charge in [0.1, 0.15) is 5.82 Å². The summed E-state index contributed by atoms with van der Waals surface area (Å²) in [6, 6.07) is 4.04. The van der Waals surface area contributed by atoms with Crippen molar-refractivity contribution in [3.63, 3.8) is 0 Å². The van der Waals surface area contributed by atoms with Crippen LogP contribution >= 0.6 is 22.6 Å². The Balaban J connectivity index is 2.18. The van der Waals surface area contributed by atoms with Gasteiger partial charge in [0.2, 0.25) is 0 Å². The lowest BCUT2D eigenvalue weighted by molar-refractivity contribution is -0.137. The Morgan fingerprint density at radius 2 is 1.90 bits per heavy atom. The average molecular weight is 395 g/mol. The van der Waals surface area contributed by atoms with Crippen LogP contribution in [-0.4, -0.2) is 15.7 Å². The van der Waals surface area contributed by atoms with Crippen LogP contribution in [0.2, 0.25) is 0 Å². The molecule has 0 spiro atoms. The molecule has 0 aliphatic rings. The lowest BCUT2D eigenvalue weighted by atomic mass is 10.1. The molecule has 0 aliphatic heterocycles. The fraction of sp³-hybridized carbons (Fsp3) is 0.167. The number of hydrogen-bond acceptors (Lipinski definition) is 2. The highest BCUT2D eigenvalue weighted by Crippen LogP contribution is 2.29. The standard InChI is InChI=1S/C12H9F3IN3O/c1-19-10(9(16)6-17-19)18-11(20)7-2-4-8(5-3-7)12(13,14)15/h2-6H,1H3,(H,18,20). The number of halogens is 4. The van der Waals surface area contributed by atoms with Gasteiger partial charge in [0.05, 0.1) is 15.3 Å². The molecule has 0 fully saturated rings. The third-order valence-corrected chi connectivity index (χ3v) is 3.39. The third kappa shape index (κ3) is 3.11. The minimum Gasteiger partial charge on any atom is -0.306 e. The predicted octanol–water partition coefficient (Wildman–Crippen LogP) is 3.30. The van der Waals surface area contributed by atoms with Crippen LogP contribution in [0.3, 0.4) is 0 Å². The smallest absolute Gasteiger partial charge is 0.306 e. The van der Waals surface area contributed by atoms with Crippen LogP contribution in [-0.2, 0) is 13.2 Å². The maximum absolute atomic E-state index is 12.4. The van der Waals surface area contributed by atoms with E-state index in [-0.39, 0.29) is 5.56 Å². The average Bonchev–Trinajstić information content (AvgIpc) is 2.69. The second-order valence-electron chi connectivity index (χ2n) is 3.99. The van der Waals surface area contributed by atoms with E-state index < -0.39 is 17.6 Å². The van der Waals surface area contributed by atoms with Gasteiger partial charge in [-0.2, -0.15) is 18.3 Å². The van der Waals surface area contributed by atoms with Crippen molar-refractivity contribution in [1.82, 2.24) is 9.78 Å². The highest BCUT2D eigenvalue weighted by atomic mass is 127. The topological polar surface area (TPSA) is 46.9 Å². The summed E-state index contributed by atoms with van der Waals surface area (Å²) in [6.45, 7) is 0. The van der Waals surface area contributed by atoms with Crippen molar-refractivity contribution in [2.24, 2.45) is 7.05 Å². The first-order valence-corrected chi connectivity index (χ1v) is 6.53. The summed E-state index contributed by atoms with van der Waals surface area (Å²) in [6.07, 6.45) is -2.84. The van der Waals surface area contributed by atoms with Gasteiger partial charge < -0.3 is 5.32 Å². The fourth-order valence-corrected chi connectivity index (χ4v) is 2.15. The molecule has 0 saturated carbocycles. The monoisotopic (exact) mass is 395 g/mol. The molecule has 0 bridgehead atoms. The van der Waals surface area contributed by atoms with Gasteiger partial charge in [-0.15, -0.1) is 0 Å². The maximum Gasteiger partial charge on any atom is 0.416 e. The number of aryl methyl sites for hydroxylation is 1. The Morgan fingerprint density at radius 1 is 1.30 bits per heavy atom. The molecule has 0 aliphatic carbocycles. The number of hydrogen-bond donors (Lipinski definition) is 1. The minimum atomic E-state index is -4.41. The van der Waals surface area contributed by atoms with Crippen LogP contribution in [0.4, 0.5) is 19.0 Å². The second kappa shape index (κ2) is 5.43. The number of alkyl halides is 3. The number of carbonyl (C=O) groups excluding carboxylic acids is 1. The number of aromatic nitrogens is 2. The highest BCUT2D eigenvalue weighted by molar-refractivity contribution is 14.1. The van der Waals surface area contributed by atoms with Crippen LogP contribution in [0.15, 0.2) is 30.5 Å². The Bertz CT molecular complexity index is 615. The van der Waals surface area contributed by atoms with Crippen LogP contribution in [0, 0.1) is 3.57 Å². The normalized spacial score (nSPS) is 11.4. The van der Waals surface area contributed by atoms with Crippen molar-refractivity contribution >= 4 is 34.3 Å². The minimum absolute atomic E-state index is 0.148. The van der Waals surface area contributed by atoms with E-state index in [0.717, 1.165) is 27.8 Å². The van der Waals surface area contributed by atoms with Gasteiger partial charge in [0.15, 0.2) is 0 Å². The molecular formula is C12H9F3IN3O. The summed E-state index contributed by atoms with van der Waals surface area (Å²) in [5.41, 5.74) is -0.640. The van der Waals surface area contributed by atoms with Crippen molar-refractivity contribution in [1.29, 1.82) is 0 Å². The van der Waals surface area contributed by atoms with E-state index in [9.17, 15) is 18.0 Å². The third-order valence-electron chi connectivity index (χ3n) is 2.60. The fourth-order valence-electron chi connectivity index (χ4n) is 1.54. The summed E-state index contributed by atoms with van der Waals surface area (Å²) in [7, 11) is 1.66. The predicted molar refractivity (Wildman–Crippen MR) is 75.3 cm³/mol. The largest absolute Gasteiger partial charge is 0.416 e. The summed E-state index contributed by atoms with van der Waals surface area (Å²) in [4.78, 5) is 11.9. The Morgan fingerprint density at radius 3 is 2.35 bits per heavy atom. The molecule has 1 aromatic heterocycles. The first-order valence-electron chi connectivity index (χ1n) is 5.45. The Kier molecular flexibility index (Phi) is 4.02. The molecule has 2 rings (SSSR count). The molecule has 0 unspecified atom stereocenters. The SMILES string of the molecule is Cn1ncc(I)c1NC(=O)c1ccc(C(F)(F)F)cc1. The highest BCUT2D eigenvalue weighted by Gasteiger charge is 2.30. The van der Waals surface area contributed by atoms with E-state index in [2.05, 4.69) is 10.4 Å². The molecule has 1 amide bonds. The van der Waals surface area contributed by atoms with E-state index in [1.54, 1.807) is 13.2 Å². The second-order valence-corrected chi connectivity index (χ2v) is 5.16. The maximum atomic E-state index is 12.4. The van der Waals surface area contributed by atoms with E-state index in [4.69, 9.17) is 0 Å². The molecule has 20 heavy (non-hydrogen) atoms. The van der Waals surface area contributed by atoms with Crippen molar-refractivity contribution < 1.29 is 18.0 Å². The van der Waals surface area contributed by atoms with E-state index >= 15 is 0 Å². The number of benzene rings is 1. The summed E-state index contributed by atoms with van der Waals surface area (Å²) in [5, 5.41) is 6.56. The van der Waals surface area contributed by atoms with Gasteiger partial charge >= 0.3 is 6.18 Å². The number of nitrogens with zero attached hydrogens (tertiary/aromatic N) is 2. The molecule has 0 saturated heterocycles. The summed E-state index contributed by atoms with van der Waals surface area (Å²) >= 11 is 2.00. The molecule has 1 heterocycles. The summed E-state index contributed by atoms with van der Waals surface area (Å²) < 4.78 is 39.5. The van der Waals surface area contributed by atoms with E-state index in [0.29, 0.717) is 5.82 Å². The van der Waals surface area contributed by atoms with Crippen molar-refractivity contribution in [2.45, 2.75) is 6.18 Å². The number of rotatable bonds is 2. The first-order chi connectivity index (χ1) is 9.29. The number of nitrogens with one attached hydrogen (secondary N) is 1. The molecule has 0 atom stereocenters. The molecule has 106 valence electrons. The lowest BCUT2D eigenvalue weighted by Crippen LogP contribution is -2.15. The van der Waals surface area contributed by atoms with E-state index in [1.165, 1.54) is 4.68 Å². The molecule has 4 nitrogen and oxygen atoms in total. The quantitative estimate of drug-likeness (QED) is 0.794. The van der Waals surface area contributed by atoms with Gasteiger partial charge in [-0.3, -0.25) is 9.48 Å². The summed E-state index contributed by atoms with van der Waals surface area (Å²) in [5.74, 6) is 0.00994. The molecule has 2 aromatic rings. The van der Waals surface area contributed by atoms with Gasteiger partial charge in [0, 0.05) is 12.6 Å². The molecular weight excluding hydrogens is 386 g/mol. The van der Waals surface area contributed by atoms with Crippen LogP contribution in [0.5, 0.6) is 0 Å². The zero-order chi connectivity index (χ0) is 14.9. The van der Waals surface area contributed by atoms with Crippen molar-refractivity contribution in [2.75, 3.05) is 5.32 Å². The molecule has 1 aromatic carbocycles. The van der Waals surface area contributed by atoms with Crippen LogP contribution in [0.25, 0.3) is 0 Å². The number of carbonyl (C=O) groups is 1. The van der Waals surface area contributed by atoms with Crippen molar-refractivity contribution in [3.05, 3.63) is 45.2 Å².